The third kappa shape index (κ3) is 7.95. The van der Waals surface area contributed by atoms with Crippen LogP contribution in [0.4, 0.5) is 4.39 Å². The Kier molecular flexibility index (Phi) is 8.83. The molecule has 0 spiro atoms. The molecule has 12 heavy (non-hydrogen) atoms. The van der Waals surface area contributed by atoms with Crippen molar-refractivity contribution in [1.29, 1.82) is 0 Å². The van der Waals surface area contributed by atoms with E-state index in [0.29, 0.717) is 13.0 Å². The topological polar surface area (TPSA) is 29.5 Å². The monoisotopic (exact) mass is 178 g/mol. The van der Waals surface area contributed by atoms with Gasteiger partial charge in [-0.2, -0.15) is 0 Å². The lowest BCUT2D eigenvalue weighted by Crippen LogP contribution is -2.06. The number of halogens is 1. The predicted molar refractivity (Wildman–Crippen MR) is 46.9 cm³/mol. The number of alkyl halides is 1. The van der Waals surface area contributed by atoms with Crippen molar-refractivity contribution in [2.24, 2.45) is 0 Å². The number of rotatable bonds is 8. The van der Waals surface area contributed by atoms with Crippen LogP contribution in [0.5, 0.6) is 0 Å². The number of aliphatic hydroxyl groups is 1. The minimum Gasteiger partial charge on any atom is -0.393 e. The third-order valence-electron chi connectivity index (χ3n) is 1.60. The zero-order valence-electron chi connectivity index (χ0n) is 7.76. The maximum atomic E-state index is 12.4. The first-order valence-corrected chi connectivity index (χ1v) is 4.64. The molecule has 2 nitrogen and oxygen atoms in total. The molecule has 0 rings (SSSR count). The second-order valence-electron chi connectivity index (χ2n) is 2.89. The Morgan fingerprint density at radius 1 is 1.33 bits per heavy atom. The standard InChI is InChI=1S/C9H19FO2/c1-2-6-12-7-4-3-5-9(10)8-11/h9,11H,2-8H2,1H3. The van der Waals surface area contributed by atoms with Gasteiger partial charge < -0.3 is 9.84 Å². The highest BCUT2D eigenvalue weighted by atomic mass is 19.1. The van der Waals surface area contributed by atoms with E-state index in [9.17, 15) is 4.39 Å². The van der Waals surface area contributed by atoms with Crippen molar-refractivity contribution in [1.82, 2.24) is 0 Å². The first kappa shape index (κ1) is 11.8. The van der Waals surface area contributed by atoms with Crippen molar-refractivity contribution in [2.45, 2.75) is 38.8 Å². The van der Waals surface area contributed by atoms with Crippen molar-refractivity contribution >= 4 is 0 Å². The highest BCUT2D eigenvalue weighted by Gasteiger charge is 2.02. The van der Waals surface area contributed by atoms with E-state index in [2.05, 4.69) is 6.92 Å². The number of hydrogen-bond acceptors (Lipinski definition) is 2. The van der Waals surface area contributed by atoms with Gasteiger partial charge >= 0.3 is 0 Å². The number of aliphatic hydroxyl groups excluding tert-OH is 1. The first-order valence-electron chi connectivity index (χ1n) is 4.64. The van der Waals surface area contributed by atoms with Crippen molar-refractivity contribution < 1.29 is 14.2 Å². The summed E-state index contributed by atoms with van der Waals surface area (Å²) in [5, 5.41) is 8.37. The van der Waals surface area contributed by atoms with Crippen LogP contribution in [0.1, 0.15) is 32.6 Å². The molecule has 1 N–H and O–H groups in total. The Morgan fingerprint density at radius 3 is 2.67 bits per heavy atom. The molecule has 0 heterocycles. The largest absolute Gasteiger partial charge is 0.393 e. The summed E-state index contributed by atoms with van der Waals surface area (Å²) < 4.78 is 17.6. The minimum absolute atomic E-state index is 0.351. The van der Waals surface area contributed by atoms with Crippen LogP contribution in [-0.4, -0.2) is 31.1 Å². The maximum absolute atomic E-state index is 12.4. The van der Waals surface area contributed by atoms with E-state index in [0.717, 1.165) is 25.9 Å². The Labute approximate surface area is 73.7 Å². The second-order valence-corrected chi connectivity index (χ2v) is 2.89. The molecule has 0 aromatic heterocycles. The molecule has 0 aliphatic rings. The second kappa shape index (κ2) is 8.94. The first-order chi connectivity index (χ1) is 5.81. The highest BCUT2D eigenvalue weighted by molar-refractivity contribution is 4.52. The fourth-order valence-corrected chi connectivity index (χ4v) is 0.908. The Morgan fingerprint density at radius 2 is 2.08 bits per heavy atom. The van der Waals surface area contributed by atoms with Crippen LogP contribution in [0.3, 0.4) is 0 Å². The van der Waals surface area contributed by atoms with E-state index in [1.54, 1.807) is 0 Å². The van der Waals surface area contributed by atoms with Gasteiger partial charge in [-0.25, -0.2) is 4.39 Å². The van der Waals surface area contributed by atoms with Gasteiger partial charge in [0.15, 0.2) is 0 Å². The lowest BCUT2D eigenvalue weighted by molar-refractivity contribution is 0.123. The van der Waals surface area contributed by atoms with Crippen molar-refractivity contribution in [2.75, 3.05) is 19.8 Å². The molecule has 0 aromatic carbocycles. The summed E-state index contributed by atoms with van der Waals surface area (Å²) in [5.74, 6) is 0. The number of hydrogen-bond donors (Lipinski definition) is 1. The van der Waals surface area contributed by atoms with E-state index in [-0.39, 0.29) is 6.61 Å². The van der Waals surface area contributed by atoms with Gasteiger partial charge in [0, 0.05) is 13.2 Å². The van der Waals surface area contributed by atoms with E-state index < -0.39 is 6.17 Å². The lowest BCUT2D eigenvalue weighted by Gasteiger charge is -2.04. The van der Waals surface area contributed by atoms with E-state index in [1.807, 2.05) is 0 Å². The Hall–Kier alpha value is -0.150. The summed E-state index contributed by atoms with van der Waals surface area (Å²) in [6.07, 6.45) is 2.12. The van der Waals surface area contributed by atoms with Gasteiger partial charge in [-0.3, -0.25) is 0 Å². The molecule has 0 amide bonds. The third-order valence-corrected chi connectivity index (χ3v) is 1.60. The van der Waals surface area contributed by atoms with Crippen LogP contribution in [0, 0.1) is 0 Å². The molecule has 0 aliphatic heterocycles. The van der Waals surface area contributed by atoms with Crippen LogP contribution in [0.25, 0.3) is 0 Å². The van der Waals surface area contributed by atoms with Gasteiger partial charge in [-0.1, -0.05) is 6.92 Å². The van der Waals surface area contributed by atoms with Crippen LogP contribution in [0.15, 0.2) is 0 Å². The summed E-state index contributed by atoms with van der Waals surface area (Å²) in [7, 11) is 0. The minimum atomic E-state index is -1.05. The predicted octanol–water partition coefficient (Wildman–Crippen LogP) is 1.91. The van der Waals surface area contributed by atoms with Gasteiger partial charge in [0.25, 0.3) is 0 Å². The van der Waals surface area contributed by atoms with E-state index in [1.165, 1.54) is 0 Å². The SMILES string of the molecule is CCCOCCCCC(F)CO. The lowest BCUT2D eigenvalue weighted by atomic mass is 10.2. The summed E-state index contributed by atoms with van der Waals surface area (Å²) in [6.45, 7) is 3.21. The molecule has 1 unspecified atom stereocenters. The van der Waals surface area contributed by atoms with Crippen LogP contribution < -0.4 is 0 Å². The number of ether oxygens (including phenoxy) is 1. The van der Waals surface area contributed by atoms with Crippen molar-refractivity contribution in [3.8, 4) is 0 Å². The zero-order chi connectivity index (χ0) is 9.23. The fraction of sp³-hybridized carbons (Fsp3) is 1.00. The smallest absolute Gasteiger partial charge is 0.123 e. The van der Waals surface area contributed by atoms with Crippen LogP contribution in [-0.2, 0) is 4.74 Å². The van der Waals surface area contributed by atoms with E-state index >= 15 is 0 Å². The molecule has 0 saturated heterocycles. The van der Waals surface area contributed by atoms with Crippen LogP contribution >= 0.6 is 0 Å². The zero-order valence-corrected chi connectivity index (χ0v) is 7.76. The molecular weight excluding hydrogens is 159 g/mol. The summed E-state index contributed by atoms with van der Waals surface area (Å²) in [6, 6.07) is 0. The molecule has 0 bridgehead atoms. The van der Waals surface area contributed by atoms with Gasteiger partial charge in [0.05, 0.1) is 6.61 Å². The van der Waals surface area contributed by atoms with Gasteiger partial charge in [-0.05, 0) is 25.7 Å². The summed E-state index contributed by atoms with van der Waals surface area (Å²) >= 11 is 0. The average molecular weight is 178 g/mol. The van der Waals surface area contributed by atoms with Crippen LogP contribution in [0.2, 0.25) is 0 Å². The van der Waals surface area contributed by atoms with Crippen molar-refractivity contribution in [3.05, 3.63) is 0 Å². The molecular formula is C9H19FO2. The highest BCUT2D eigenvalue weighted by Crippen LogP contribution is 2.03. The molecule has 0 aromatic rings. The molecule has 74 valence electrons. The number of unbranched alkanes of at least 4 members (excludes halogenated alkanes) is 1. The Bertz CT molecular complexity index is 88.6. The Balaban J connectivity index is 2.90. The average Bonchev–Trinajstić information content (AvgIpc) is 2.10. The normalized spacial score (nSPS) is 13.2. The quantitative estimate of drug-likeness (QED) is 0.575. The molecule has 0 saturated carbocycles. The maximum Gasteiger partial charge on any atom is 0.123 e. The molecule has 0 aliphatic carbocycles. The summed E-state index contributed by atoms with van der Waals surface area (Å²) in [4.78, 5) is 0. The van der Waals surface area contributed by atoms with Gasteiger partial charge in [0.2, 0.25) is 0 Å². The van der Waals surface area contributed by atoms with E-state index in [4.69, 9.17) is 9.84 Å². The molecule has 0 radical (unpaired) electrons. The van der Waals surface area contributed by atoms with Gasteiger partial charge in [-0.15, -0.1) is 0 Å². The summed E-state index contributed by atoms with van der Waals surface area (Å²) in [5.41, 5.74) is 0. The van der Waals surface area contributed by atoms with Crippen molar-refractivity contribution in [3.63, 3.8) is 0 Å². The molecule has 0 fully saturated rings. The molecule has 3 heteroatoms. The molecule has 1 atom stereocenters. The van der Waals surface area contributed by atoms with Gasteiger partial charge in [0.1, 0.15) is 6.17 Å². The fourth-order valence-electron chi connectivity index (χ4n) is 0.908.